The second-order valence-electron chi connectivity index (χ2n) is 8.35. The van der Waals surface area contributed by atoms with Crippen LogP contribution in [-0.2, 0) is 0 Å². The molecule has 0 saturated carbocycles. The molecule has 156 valence electrons. The molecule has 0 bridgehead atoms. The molecular formula is C25H25N5O. The van der Waals surface area contributed by atoms with Gasteiger partial charge in [0.05, 0.1) is 17.8 Å². The molecule has 3 aromatic carbocycles. The van der Waals surface area contributed by atoms with Crippen molar-refractivity contribution in [3.05, 3.63) is 72.3 Å². The summed E-state index contributed by atoms with van der Waals surface area (Å²) in [5.41, 5.74) is 3.34. The van der Waals surface area contributed by atoms with Gasteiger partial charge < -0.3 is 5.32 Å². The number of nitrogens with one attached hydrogen (secondary N) is 2. The minimum Gasteiger partial charge on any atom is -0.321 e. The van der Waals surface area contributed by atoms with Gasteiger partial charge in [-0.15, -0.1) is 0 Å². The van der Waals surface area contributed by atoms with Crippen LogP contribution in [0.25, 0.3) is 10.8 Å². The molecule has 0 aliphatic carbocycles. The Morgan fingerprint density at radius 2 is 1.45 bits per heavy atom. The molecule has 0 unspecified atom stereocenters. The van der Waals surface area contributed by atoms with E-state index < -0.39 is 11.1 Å². The average molecular weight is 412 g/mol. The molecule has 0 aliphatic rings. The first kappa shape index (κ1) is 21.8. The van der Waals surface area contributed by atoms with Crippen molar-refractivity contribution in [1.82, 2.24) is 5.43 Å². The number of amides is 1. The lowest BCUT2D eigenvalue weighted by Gasteiger charge is -2.40. The van der Waals surface area contributed by atoms with Crippen LogP contribution >= 0.6 is 0 Å². The number of hydrogen-bond donors (Lipinski definition) is 2. The van der Waals surface area contributed by atoms with Crippen molar-refractivity contribution < 1.29 is 4.79 Å². The third-order valence-corrected chi connectivity index (χ3v) is 4.93. The monoisotopic (exact) mass is 411 g/mol. The first-order chi connectivity index (χ1) is 14.7. The van der Waals surface area contributed by atoms with Gasteiger partial charge >= 0.3 is 0 Å². The fraction of sp³-hybridized carbons (Fsp3) is 0.240. The highest BCUT2D eigenvalue weighted by Gasteiger charge is 2.33. The van der Waals surface area contributed by atoms with E-state index in [0.29, 0.717) is 11.3 Å². The van der Waals surface area contributed by atoms with Crippen LogP contribution in [0, 0.1) is 22.7 Å². The number of anilines is 2. The predicted octanol–water partition coefficient (Wildman–Crippen LogP) is 5.01. The van der Waals surface area contributed by atoms with E-state index >= 15 is 0 Å². The Kier molecular flexibility index (Phi) is 5.97. The topological polar surface area (TPSA) is 91.9 Å². The summed E-state index contributed by atoms with van der Waals surface area (Å²) in [6, 6.07) is 24.9. The molecule has 0 fully saturated rings. The lowest BCUT2D eigenvalue weighted by Crippen LogP contribution is -2.59. The molecule has 0 atom stereocenters. The number of hydrazine groups is 1. The van der Waals surface area contributed by atoms with E-state index in [2.05, 4.69) is 22.9 Å². The van der Waals surface area contributed by atoms with Crippen molar-refractivity contribution in [1.29, 1.82) is 10.5 Å². The minimum atomic E-state index is -0.939. The Morgan fingerprint density at radius 3 is 2.06 bits per heavy atom. The number of carbonyl (C=O) groups is 1. The number of rotatable bonds is 6. The summed E-state index contributed by atoms with van der Waals surface area (Å²) in [6.07, 6.45) is 0. The normalized spacial score (nSPS) is 11.4. The minimum absolute atomic E-state index is 0.198. The van der Waals surface area contributed by atoms with E-state index in [0.717, 1.165) is 16.5 Å². The van der Waals surface area contributed by atoms with E-state index in [1.165, 1.54) is 0 Å². The molecule has 2 N–H and O–H groups in total. The summed E-state index contributed by atoms with van der Waals surface area (Å²) in [6.45, 7) is 7.08. The molecule has 6 nitrogen and oxygen atoms in total. The van der Waals surface area contributed by atoms with Crippen molar-refractivity contribution in [2.75, 3.05) is 10.3 Å². The van der Waals surface area contributed by atoms with Crippen molar-refractivity contribution >= 4 is 28.1 Å². The summed E-state index contributed by atoms with van der Waals surface area (Å²) in [5.74, 6) is -0.198. The zero-order valence-corrected chi connectivity index (χ0v) is 18.1. The number of benzene rings is 3. The number of carbonyl (C=O) groups excluding carboxylic acids is 1. The zero-order chi connectivity index (χ0) is 22.6. The molecule has 0 aromatic heterocycles. The summed E-state index contributed by atoms with van der Waals surface area (Å²) in [5, 5.41) is 25.7. The lowest BCUT2D eigenvalue weighted by atomic mass is 10.0. The van der Waals surface area contributed by atoms with Crippen LogP contribution in [0.4, 0.5) is 11.4 Å². The molecule has 3 aromatic rings. The summed E-state index contributed by atoms with van der Waals surface area (Å²) in [4.78, 5) is 12.7. The van der Waals surface area contributed by atoms with Crippen molar-refractivity contribution in [2.24, 2.45) is 0 Å². The molecule has 1 amide bonds. The molecule has 0 saturated heterocycles. The van der Waals surface area contributed by atoms with E-state index in [-0.39, 0.29) is 5.91 Å². The summed E-state index contributed by atoms with van der Waals surface area (Å²) in [7, 11) is 0. The number of hydrogen-bond acceptors (Lipinski definition) is 5. The van der Waals surface area contributed by atoms with E-state index in [4.69, 9.17) is 0 Å². The van der Waals surface area contributed by atoms with E-state index in [1.54, 1.807) is 44.8 Å². The quantitative estimate of drug-likeness (QED) is 0.557. The lowest BCUT2D eigenvalue weighted by molar-refractivity contribution is 0.102. The summed E-state index contributed by atoms with van der Waals surface area (Å²) >= 11 is 0. The third kappa shape index (κ3) is 4.66. The largest absolute Gasteiger partial charge is 0.321 e. The molecule has 0 spiro atoms. The van der Waals surface area contributed by atoms with Gasteiger partial charge in [0.15, 0.2) is 0 Å². The van der Waals surface area contributed by atoms with Crippen molar-refractivity contribution in [2.45, 2.75) is 38.8 Å². The van der Waals surface area contributed by atoms with Gasteiger partial charge in [0.25, 0.3) is 5.91 Å². The van der Waals surface area contributed by atoms with Crippen molar-refractivity contribution in [3.8, 4) is 12.1 Å². The molecule has 6 heteroatoms. The first-order valence-corrected chi connectivity index (χ1v) is 9.97. The molecule has 0 aliphatic heterocycles. The van der Waals surface area contributed by atoms with Crippen LogP contribution in [0.15, 0.2) is 66.7 Å². The summed E-state index contributed by atoms with van der Waals surface area (Å²) < 4.78 is 0. The predicted molar refractivity (Wildman–Crippen MR) is 123 cm³/mol. The highest BCUT2D eigenvalue weighted by molar-refractivity contribution is 6.11. The number of nitriles is 2. The zero-order valence-electron chi connectivity index (χ0n) is 18.1. The average Bonchev–Trinajstić information content (AvgIpc) is 2.78. The van der Waals surface area contributed by atoms with Gasteiger partial charge in [-0.1, -0.05) is 42.5 Å². The molecule has 0 heterocycles. The number of nitrogens with zero attached hydrogens (tertiary/aromatic N) is 3. The standard InChI is InChI=1S/C25H25N5O/c1-24(2,16-26)29-30(25(3,4)17-27)22-15-14-21(19-12-8-9-13-20(19)22)28-23(31)18-10-6-5-7-11-18/h5-15,29H,1-4H3,(H,28,31). The highest BCUT2D eigenvalue weighted by Crippen LogP contribution is 2.35. The first-order valence-electron chi connectivity index (χ1n) is 9.97. The maximum atomic E-state index is 12.7. The fourth-order valence-corrected chi connectivity index (χ4v) is 3.23. The van der Waals surface area contributed by atoms with Gasteiger partial charge in [-0.2, -0.15) is 10.5 Å². The van der Waals surface area contributed by atoms with Gasteiger partial charge in [0.1, 0.15) is 11.1 Å². The SMILES string of the molecule is CC(C)(C#N)NN(c1ccc(NC(=O)c2ccccc2)c2ccccc12)C(C)(C)C#N. The van der Waals surface area contributed by atoms with Crippen LogP contribution in [0.3, 0.4) is 0 Å². The highest BCUT2D eigenvalue weighted by atomic mass is 16.1. The second kappa shape index (κ2) is 8.47. The number of fused-ring (bicyclic) bond motifs is 1. The Bertz CT molecular complexity index is 1190. The van der Waals surface area contributed by atoms with Crippen LogP contribution in [0.2, 0.25) is 0 Å². The molecule has 3 rings (SSSR count). The molecule has 31 heavy (non-hydrogen) atoms. The Labute approximate surface area is 182 Å². The van der Waals surface area contributed by atoms with Crippen LogP contribution < -0.4 is 15.8 Å². The maximum Gasteiger partial charge on any atom is 0.255 e. The smallest absolute Gasteiger partial charge is 0.255 e. The van der Waals surface area contributed by atoms with Gasteiger partial charge in [-0.3, -0.25) is 9.80 Å². The van der Waals surface area contributed by atoms with Gasteiger partial charge in [-0.05, 0) is 52.0 Å². The molecular weight excluding hydrogens is 386 g/mol. The van der Waals surface area contributed by atoms with Gasteiger partial charge in [-0.25, -0.2) is 5.43 Å². The van der Waals surface area contributed by atoms with Crippen LogP contribution in [-0.4, -0.2) is 17.0 Å². The van der Waals surface area contributed by atoms with Gasteiger partial charge in [0, 0.05) is 22.0 Å². The Balaban J connectivity index is 2.10. The van der Waals surface area contributed by atoms with Crippen LogP contribution in [0.1, 0.15) is 38.1 Å². The van der Waals surface area contributed by atoms with Gasteiger partial charge in [0.2, 0.25) is 0 Å². The molecule has 0 radical (unpaired) electrons. The van der Waals surface area contributed by atoms with Crippen molar-refractivity contribution in [3.63, 3.8) is 0 Å². The third-order valence-electron chi connectivity index (χ3n) is 4.93. The van der Waals surface area contributed by atoms with E-state index in [1.807, 2.05) is 54.6 Å². The van der Waals surface area contributed by atoms with E-state index in [9.17, 15) is 15.3 Å². The Hall–Kier alpha value is -3.87. The van der Waals surface area contributed by atoms with Crippen LogP contribution in [0.5, 0.6) is 0 Å². The maximum absolute atomic E-state index is 12.7. The fourth-order valence-electron chi connectivity index (χ4n) is 3.23. The second-order valence-corrected chi connectivity index (χ2v) is 8.35. The Morgan fingerprint density at radius 1 is 0.839 bits per heavy atom.